The normalized spacial score (nSPS) is 22.0. The van der Waals surface area contributed by atoms with Gasteiger partial charge in [-0.25, -0.2) is 13.8 Å². The molecule has 1 aromatic carbocycles. The lowest BCUT2D eigenvalue weighted by molar-refractivity contribution is -0.116. The molecule has 5 rings (SSSR count). The van der Waals surface area contributed by atoms with Gasteiger partial charge in [0.25, 0.3) is 5.91 Å². The van der Waals surface area contributed by atoms with Crippen LogP contribution in [0.3, 0.4) is 0 Å². The van der Waals surface area contributed by atoms with E-state index in [1.807, 2.05) is 6.08 Å². The molecule has 0 saturated carbocycles. The number of benzene rings is 1. The molecule has 43 heavy (non-hydrogen) atoms. The molecular formula is C32H41F2N7O2. The minimum Gasteiger partial charge on any atom is -0.383 e. The fourth-order valence-electron chi connectivity index (χ4n) is 5.96. The predicted octanol–water partition coefficient (Wildman–Crippen LogP) is 3.01. The highest BCUT2D eigenvalue weighted by Crippen LogP contribution is 2.28. The van der Waals surface area contributed by atoms with Crippen molar-refractivity contribution in [3.63, 3.8) is 0 Å². The van der Waals surface area contributed by atoms with Gasteiger partial charge in [-0.15, -0.1) is 0 Å². The van der Waals surface area contributed by atoms with Gasteiger partial charge in [0, 0.05) is 69.4 Å². The van der Waals surface area contributed by atoms with Crippen LogP contribution in [-0.4, -0.2) is 85.1 Å². The van der Waals surface area contributed by atoms with Crippen molar-refractivity contribution in [2.24, 2.45) is 5.92 Å². The molecule has 2 saturated heterocycles. The Morgan fingerprint density at radius 2 is 1.72 bits per heavy atom. The van der Waals surface area contributed by atoms with Crippen LogP contribution in [0.25, 0.3) is 0 Å². The Hall–Kier alpha value is -3.67. The second-order valence-electron chi connectivity index (χ2n) is 11.8. The van der Waals surface area contributed by atoms with Gasteiger partial charge in [0.1, 0.15) is 23.3 Å². The summed E-state index contributed by atoms with van der Waals surface area (Å²) in [6.45, 7) is 7.40. The van der Waals surface area contributed by atoms with Crippen LogP contribution in [-0.2, 0) is 22.4 Å². The third-order valence-electron chi connectivity index (χ3n) is 8.49. The highest BCUT2D eigenvalue weighted by atomic mass is 19.1. The van der Waals surface area contributed by atoms with Gasteiger partial charge in [0.05, 0.1) is 11.1 Å². The van der Waals surface area contributed by atoms with Crippen molar-refractivity contribution in [1.82, 2.24) is 25.4 Å². The van der Waals surface area contributed by atoms with Crippen LogP contribution >= 0.6 is 0 Å². The highest BCUT2D eigenvalue weighted by molar-refractivity contribution is 6.14. The number of aryl methyl sites for hydroxylation is 2. The standard InChI is InChI=1S/C32H41F2N7O2/c1-20-13-26(28(38-25-5-11-43-12-6-25)18-29(20)41-9-7-40(2)8-10-41)32(42)39-31(36)27-16-22(19-37-30(27)35)4-3-21-14-23(33)17-24(34)15-21/h13-20,25,29,38H,3-12H2,1-2H3,(H2,35,37)(H2,36,39,42). The summed E-state index contributed by atoms with van der Waals surface area (Å²) in [4.78, 5) is 22.7. The third-order valence-corrected chi connectivity index (χ3v) is 8.49. The summed E-state index contributed by atoms with van der Waals surface area (Å²) in [5.41, 5.74) is 8.94. The summed E-state index contributed by atoms with van der Waals surface area (Å²) in [6.07, 6.45) is 8.28. The van der Waals surface area contributed by atoms with E-state index in [1.165, 1.54) is 12.1 Å². The molecule has 0 spiro atoms. The average Bonchev–Trinajstić information content (AvgIpc) is 2.98. The molecule has 0 radical (unpaired) electrons. The number of halogens is 2. The first-order chi connectivity index (χ1) is 20.7. The minimum atomic E-state index is -0.628. The van der Waals surface area contributed by atoms with Crippen molar-refractivity contribution in [2.45, 2.75) is 44.7 Å². The van der Waals surface area contributed by atoms with Crippen molar-refractivity contribution in [1.29, 1.82) is 5.41 Å². The van der Waals surface area contributed by atoms with Gasteiger partial charge in [-0.3, -0.25) is 15.1 Å². The number of nitrogens with one attached hydrogen (secondary N) is 3. The van der Waals surface area contributed by atoms with Gasteiger partial charge in [0.15, 0.2) is 0 Å². The van der Waals surface area contributed by atoms with Crippen molar-refractivity contribution in [2.75, 3.05) is 52.2 Å². The van der Waals surface area contributed by atoms with E-state index >= 15 is 0 Å². The Morgan fingerprint density at radius 3 is 2.42 bits per heavy atom. The molecule has 1 amide bonds. The van der Waals surface area contributed by atoms with Crippen molar-refractivity contribution >= 4 is 17.6 Å². The number of pyridine rings is 1. The Labute approximate surface area is 251 Å². The van der Waals surface area contributed by atoms with E-state index in [9.17, 15) is 13.6 Å². The zero-order chi connectivity index (χ0) is 30.5. The Morgan fingerprint density at radius 1 is 1.05 bits per heavy atom. The molecule has 2 aromatic rings. The third kappa shape index (κ3) is 7.84. The number of carbonyl (C=O) groups excluding carboxylic acids is 1. The lowest BCUT2D eigenvalue weighted by atomic mass is 9.88. The maximum atomic E-state index is 13.7. The van der Waals surface area contributed by atoms with E-state index in [-0.39, 0.29) is 35.6 Å². The predicted molar refractivity (Wildman–Crippen MR) is 163 cm³/mol. The summed E-state index contributed by atoms with van der Waals surface area (Å²) in [6, 6.07) is 5.48. The molecule has 230 valence electrons. The minimum absolute atomic E-state index is 0.0984. The number of hydrogen-bond acceptors (Lipinski definition) is 8. The second kappa shape index (κ2) is 13.7. The molecule has 2 atom stereocenters. The van der Waals surface area contributed by atoms with Gasteiger partial charge in [-0.1, -0.05) is 13.0 Å². The number of likely N-dealkylation sites (N-methyl/N-ethyl adjacent to an activating group) is 1. The lowest BCUT2D eigenvalue weighted by Crippen LogP contribution is -2.51. The van der Waals surface area contributed by atoms with E-state index in [2.05, 4.69) is 45.5 Å². The average molecular weight is 594 g/mol. The number of amidine groups is 1. The summed E-state index contributed by atoms with van der Waals surface area (Å²) in [5.74, 6) is -1.59. The first kappa shape index (κ1) is 30.8. The zero-order valence-corrected chi connectivity index (χ0v) is 24.8. The number of aromatic nitrogens is 1. The Kier molecular flexibility index (Phi) is 9.84. The van der Waals surface area contributed by atoms with Crippen LogP contribution < -0.4 is 16.4 Å². The summed E-state index contributed by atoms with van der Waals surface area (Å²) < 4.78 is 32.7. The first-order valence-electron chi connectivity index (χ1n) is 15.0. The number of nitrogens with two attached hydrogens (primary N) is 1. The van der Waals surface area contributed by atoms with Gasteiger partial charge in [-0.2, -0.15) is 0 Å². The lowest BCUT2D eigenvalue weighted by Gasteiger charge is -2.41. The molecule has 3 aliphatic rings. The molecule has 5 N–H and O–H groups in total. The first-order valence-corrected chi connectivity index (χ1v) is 15.0. The smallest absolute Gasteiger partial charge is 0.258 e. The topological polar surface area (TPSA) is 120 Å². The molecule has 11 heteroatoms. The van der Waals surface area contributed by atoms with E-state index < -0.39 is 11.6 Å². The molecule has 0 bridgehead atoms. The Balaban J connectivity index is 1.30. The zero-order valence-electron chi connectivity index (χ0n) is 24.8. The maximum absolute atomic E-state index is 13.7. The van der Waals surface area contributed by atoms with Crippen LogP contribution in [0.15, 0.2) is 53.9 Å². The number of nitrogens with zero attached hydrogens (tertiary/aromatic N) is 3. The van der Waals surface area contributed by atoms with E-state index in [0.717, 1.165) is 56.3 Å². The van der Waals surface area contributed by atoms with Gasteiger partial charge >= 0.3 is 0 Å². The number of anilines is 1. The van der Waals surface area contributed by atoms with Gasteiger partial charge in [-0.05, 0) is 74.1 Å². The van der Waals surface area contributed by atoms with Crippen molar-refractivity contribution in [3.05, 3.63) is 82.2 Å². The summed E-state index contributed by atoms with van der Waals surface area (Å²) in [7, 11) is 2.14. The number of carbonyl (C=O) groups is 1. The van der Waals surface area contributed by atoms with Gasteiger partial charge < -0.3 is 26.0 Å². The molecule has 9 nitrogen and oxygen atoms in total. The van der Waals surface area contributed by atoms with E-state index in [4.69, 9.17) is 15.9 Å². The SMILES string of the molecule is CC1C=C(C(=O)NC(=N)c2cc(CCc3cc(F)cc(F)c3)cnc2N)C(NC2CCOCC2)=CC1N1CCN(C)CC1. The van der Waals surface area contributed by atoms with Crippen LogP contribution in [0.2, 0.25) is 0 Å². The van der Waals surface area contributed by atoms with Crippen LogP contribution in [0, 0.1) is 23.0 Å². The van der Waals surface area contributed by atoms with Crippen LogP contribution in [0.1, 0.15) is 36.5 Å². The second-order valence-corrected chi connectivity index (χ2v) is 11.8. The molecule has 1 aromatic heterocycles. The van der Waals surface area contributed by atoms with Crippen LogP contribution in [0.4, 0.5) is 14.6 Å². The fraction of sp³-hybridized carbons (Fsp3) is 0.469. The number of ether oxygens (including phenoxy) is 1. The molecule has 2 fully saturated rings. The molecular weight excluding hydrogens is 552 g/mol. The monoisotopic (exact) mass is 593 g/mol. The molecule has 2 aliphatic heterocycles. The maximum Gasteiger partial charge on any atom is 0.258 e. The number of hydrogen-bond donors (Lipinski definition) is 4. The van der Waals surface area contributed by atoms with Crippen molar-refractivity contribution in [3.8, 4) is 0 Å². The highest BCUT2D eigenvalue weighted by Gasteiger charge is 2.32. The number of rotatable bonds is 8. The number of piperazine rings is 1. The van der Waals surface area contributed by atoms with Crippen LogP contribution in [0.5, 0.6) is 0 Å². The fourth-order valence-corrected chi connectivity index (χ4v) is 5.96. The van der Waals surface area contributed by atoms with Gasteiger partial charge in [0.2, 0.25) is 0 Å². The summed E-state index contributed by atoms with van der Waals surface area (Å²) >= 11 is 0. The quantitative estimate of drug-likeness (QED) is 0.275. The number of nitrogen functional groups attached to an aromatic ring is 1. The molecule has 3 heterocycles. The Bertz CT molecular complexity index is 1380. The van der Waals surface area contributed by atoms with E-state index in [1.54, 1.807) is 12.3 Å². The molecule has 2 unspecified atom stereocenters. The van der Waals surface area contributed by atoms with E-state index in [0.29, 0.717) is 42.8 Å². The number of amides is 1. The largest absolute Gasteiger partial charge is 0.383 e. The molecule has 1 aliphatic carbocycles. The van der Waals surface area contributed by atoms with Crippen molar-refractivity contribution < 1.29 is 18.3 Å². The summed E-state index contributed by atoms with van der Waals surface area (Å²) in [5, 5.41) is 15.1.